The van der Waals surface area contributed by atoms with Crippen molar-refractivity contribution >= 4 is 28.6 Å². The number of hydrogen-bond acceptors (Lipinski definition) is 4. The Labute approximate surface area is 156 Å². The summed E-state index contributed by atoms with van der Waals surface area (Å²) in [5.74, 6) is -0.358. The monoisotopic (exact) mass is 361 g/mol. The maximum absolute atomic E-state index is 12.8. The van der Waals surface area contributed by atoms with Crippen molar-refractivity contribution in [2.45, 2.75) is 18.9 Å². The van der Waals surface area contributed by atoms with Crippen LogP contribution in [-0.2, 0) is 9.59 Å². The highest BCUT2D eigenvalue weighted by Crippen LogP contribution is 2.25. The minimum absolute atomic E-state index is 0.0872. The van der Waals surface area contributed by atoms with E-state index in [1.54, 1.807) is 13.4 Å². The van der Waals surface area contributed by atoms with Gasteiger partial charge < -0.3 is 10.3 Å². The van der Waals surface area contributed by atoms with E-state index in [1.807, 2.05) is 48.5 Å². The molecule has 1 atom stereocenters. The molecular weight excluding hydrogens is 342 g/mol. The second-order valence-electron chi connectivity index (χ2n) is 6.46. The van der Waals surface area contributed by atoms with Crippen LogP contribution in [0.1, 0.15) is 30.0 Å². The summed E-state index contributed by atoms with van der Waals surface area (Å²) in [5.41, 5.74) is 4.04. The number of nitrogens with one attached hydrogen (secondary N) is 2. The first-order valence-corrected chi connectivity index (χ1v) is 8.75. The Morgan fingerprint density at radius 3 is 2.74 bits per heavy atom. The van der Waals surface area contributed by atoms with E-state index in [2.05, 4.69) is 20.4 Å². The zero-order valence-corrected chi connectivity index (χ0v) is 14.8. The van der Waals surface area contributed by atoms with Gasteiger partial charge in [-0.1, -0.05) is 36.4 Å². The molecule has 0 saturated carbocycles. The van der Waals surface area contributed by atoms with Crippen LogP contribution in [0.15, 0.2) is 60.0 Å². The van der Waals surface area contributed by atoms with Crippen LogP contribution in [0.5, 0.6) is 0 Å². The van der Waals surface area contributed by atoms with Crippen molar-refractivity contribution in [2.75, 3.05) is 7.05 Å². The third kappa shape index (κ3) is 3.44. The van der Waals surface area contributed by atoms with E-state index in [1.165, 1.54) is 5.01 Å². The zero-order valence-electron chi connectivity index (χ0n) is 14.8. The maximum atomic E-state index is 12.8. The number of carbonyl (C=O) groups excluding carboxylic acids is 2. The summed E-state index contributed by atoms with van der Waals surface area (Å²) in [7, 11) is 1.57. The van der Waals surface area contributed by atoms with E-state index in [4.69, 9.17) is 0 Å². The van der Waals surface area contributed by atoms with Gasteiger partial charge in [-0.2, -0.15) is 5.10 Å². The Morgan fingerprint density at radius 1 is 1.15 bits per heavy atom. The molecule has 1 aliphatic heterocycles. The average molecular weight is 361 g/mol. The van der Waals surface area contributed by atoms with E-state index >= 15 is 0 Å². The highest BCUT2D eigenvalue weighted by Gasteiger charge is 2.25. The van der Waals surface area contributed by atoms with Crippen molar-refractivity contribution in [2.24, 2.45) is 5.10 Å². The number of nitrogens with zero attached hydrogens (tertiary/aromatic N) is 3. The molecule has 2 N–H and O–H groups in total. The van der Waals surface area contributed by atoms with Crippen LogP contribution < -0.4 is 5.32 Å². The topological polar surface area (TPSA) is 90.4 Å². The molecule has 1 unspecified atom stereocenters. The molecule has 2 aromatic carbocycles. The van der Waals surface area contributed by atoms with Crippen molar-refractivity contribution < 1.29 is 9.59 Å². The smallest absolute Gasteiger partial charge is 0.268 e. The molecule has 7 nitrogen and oxygen atoms in total. The molecule has 1 aromatic heterocycles. The molecule has 3 aromatic rings. The Hall–Kier alpha value is -3.48. The summed E-state index contributed by atoms with van der Waals surface area (Å²) < 4.78 is 0. The zero-order chi connectivity index (χ0) is 18.8. The summed E-state index contributed by atoms with van der Waals surface area (Å²) in [5, 5.41) is 8.42. The molecule has 0 aliphatic carbocycles. The summed E-state index contributed by atoms with van der Waals surface area (Å²) in [6.45, 7) is 0. The molecule has 0 bridgehead atoms. The van der Waals surface area contributed by atoms with Crippen molar-refractivity contribution in [3.05, 3.63) is 66.0 Å². The van der Waals surface area contributed by atoms with Gasteiger partial charge in [0.15, 0.2) is 0 Å². The van der Waals surface area contributed by atoms with E-state index in [0.717, 1.165) is 22.2 Å². The summed E-state index contributed by atoms with van der Waals surface area (Å²) >= 11 is 0. The van der Waals surface area contributed by atoms with Gasteiger partial charge in [-0.3, -0.25) is 9.59 Å². The van der Waals surface area contributed by atoms with Crippen molar-refractivity contribution in [1.29, 1.82) is 0 Å². The first-order valence-electron chi connectivity index (χ1n) is 8.75. The second kappa shape index (κ2) is 7.03. The molecule has 2 heterocycles. The molecule has 27 heavy (non-hydrogen) atoms. The molecule has 1 aliphatic rings. The third-order valence-electron chi connectivity index (χ3n) is 4.66. The van der Waals surface area contributed by atoms with Crippen molar-refractivity contribution in [3.8, 4) is 0 Å². The number of H-pyrrole nitrogens is 1. The lowest BCUT2D eigenvalue weighted by Crippen LogP contribution is -2.39. The van der Waals surface area contributed by atoms with Crippen LogP contribution >= 0.6 is 0 Å². The number of fused-ring (bicyclic) bond motifs is 1. The molecule has 0 spiro atoms. The van der Waals surface area contributed by atoms with E-state index in [-0.39, 0.29) is 17.9 Å². The first-order chi connectivity index (χ1) is 13.1. The number of benzene rings is 2. The van der Waals surface area contributed by atoms with Gasteiger partial charge in [-0.25, -0.2) is 9.99 Å². The number of imidazole rings is 1. The number of carbonyl (C=O) groups is 2. The third-order valence-corrected chi connectivity index (χ3v) is 4.66. The van der Waals surface area contributed by atoms with Gasteiger partial charge in [0.05, 0.1) is 23.4 Å². The summed E-state index contributed by atoms with van der Waals surface area (Å²) in [4.78, 5) is 31.8. The molecule has 136 valence electrons. The minimum atomic E-state index is -0.336. The number of hydrazone groups is 1. The first kappa shape index (κ1) is 17.0. The van der Waals surface area contributed by atoms with Gasteiger partial charge in [-0.15, -0.1) is 0 Å². The number of aromatic nitrogens is 2. The van der Waals surface area contributed by atoms with Crippen LogP contribution in [0, 0.1) is 0 Å². The fourth-order valence-corrected chi connectivity index (χ4v) is 3.18. The van der Waals surface area contributed by atoms with Crippen LogP contribution in [-0.4, -0.2) is 39.6 Å². The Balaban J connectivity index is 1.67. The van der Waals surface area contributed by atoms with E-state index in [9.17, 15) is 9.59 Å². The standard InChI is InChI=1S/C20H19N5O2/c1-25-18(26)10-9-16(24-25)20(27)23-19(13-5-3-2-4-6-13)14-7-8-15-17(11-14)22-12-21-15/h2-8,11-12,19H,9-10H2,1H3,(H,21,22)(H,23,27). The van der Waals surface area contributed by atoms with Crippen molar-refractivity contribution in [3.63, 3.8) is 0 Å². The van der Waals surface area contributed by atoms with Gasteiger partial charge in [0.2, 0.25) is 5.91 Å². The molecule has 0 radical (unpaired) electrons. The highest BCUT2D eigenvalue weighted by atomic mass is 16.2. The van der Waals surface area contributed by atoms with Gasteiger partial charge in [0.25, 0.3) is 5.91 Å². The van der Waals surface area contributed by atoms with Gasteiger partial charge in [0, 0.05) is 19.9 Å². The SMILES string of the molecule is CN1N=C(C(=O)NC(c2ccccc2)c2ccc3nc[nH]c3c2)CCC1=O. The maximum Gasteiger partial charge on any atom is 0.268 e. The second-order valence-corrected chi connectivity index (χ2v) is 6.46. The van der Waals surface area contributed by atoms with Crippen molar-refractivity contribution in [1.82, 2.24) is 20.3 Å². The molecule has 0 fully saturated rings. The lowest BCUT2D eigenvalue weighted by atomic mass is 9.97. The quantitative estimate of drug-likeness (QED) is 0.747. The minimum Gasteiger partial charge on any atom is -0.345 e. The van der Waals surface area contributed by atoms with Gasteiger partial charge >= 0.3 is 0 Å². The summed E-state index contributed by atoms with van der Waals surface area (Å²) in [6, 6.07) is 15.3. The lowest BCUT2D eigenvalue weighted by molar-refractivity contribution is -0.130. The number of amides is 2. The summed E-state index contributed by atoms with van der Waals surface area (Å²) in [6.07, 6.45) is 2.28. The fraction of sp³-hybridized carbons (Fsp3) is 0.200. The fourth-order valence-electron chi connectivity index (χ4n) is 3.18. The molecule has 7 heteroatoms. The van der Waals surface area contributed by atoms with Gasteiger partial charge in [0.1, 0.15) is 5.71 Å². The average Bonchev–Trinajstić information content (AvgIpc) is 3.16. The number of hydrogen-bond donors (Lipinski definition) is 2. The lowest BCUT2D eigenvalue weighted by Gasteiger charge is -2.23. The molecule has 0 saturated heterocycles. The largest absolute Gasteiger partial charge is 0.345 e. The highest BCUT2D eigenvalue weighted by molar-refractivity contribution is 6.39. The molecular formula is C20H19N5O2. The molecule has 2 amide bonds. The number of aromatic amines is 1. The van der Waals surface area contributed by atoms with Gasteiger partial charge in [-0.05, 0) is 23.3 Å². The van der Waals surface area contributed by atoms with Crippen LogP contribution in [0.25, 0.3) is 11.0 Å². The van der Waals surface area contributed by atoms with Crippen LogP contribution in [0.2, 0.25) is 0 Å². The van der Waals surface area contributed by atoms with E-state index < -0.39 is 0 Å². The predicted molar refractivity (Wildman–Crippen MR) is 102 cm³/mol. The Bertz CT molecular complexity index is 1030. The molecule has 4 rings (SSSR count). The Kier molecular flexibility index (Phi) is 4.42. The normalized spacial score (nSPS) is 15.5. The van der Waals surface area contributed by atoms with Crippen LogP contribution in [0.4, 0.5) is 0 Å². The number of rotatable bonds is 4. The Morgan fingerprint density at radius 2 is 1.96 bits per heavy atom. The predicted octanol–water partition coefficient (Wildman–Crippen LogP) is 2.38. The van der Waals surface area contributed by atoms with E-state index in [0.29, 0.717) is 18.6 Å². The van der Waals surface area contributed by atoms with Crippen LogP contribution in [0.3, 0.4) is 0 Å².